The van der Waals surface area contributed by atoms with Crippen molar-refractivity contribution in [2.75, 3.05) is 39.8 Å². The number of ketones is 1. The minimum atomic E-state index is -0.0187. The number of nitrogens with zero attached hydrogens (tertiary/aromatic N) is 1. The summed E-state index contributed by atoms with van der Waals surface area (Å²) in [5, 5.41) is 6.92. The average Bonchev–Trinajstić information content (AvgIpc) is 3.19. The first kappa shape index (κ1) is 56.9. The molecular formula is C49H99N3O3S. The molecule has 0 aromatic heterocycles. The van der Waals surface area contributed by atoms with E-state index in [1.54, 1.807) is 6.92 Å². The molecule has 0 rings (SSSR count). The predicted octanol–water partition coefficient (Wildman–Crippen LogP) is 14.5. The fourth-order valence-corrected chi connectivity index (χ4v) is 7.41. The molecule has 0 unspecified atom stereocenters. The summed E-state index contributed by atoms with van der Waals surface area (Å²) in [5.41, 5.74) is 0. The Labute approximate surface area is 356 Å². The van der Waals surface area contributed by atoms with E-state index in [2.05, 4.69) is 43.2 Å². The number of carbonyl (C=O) groups excluding carboxylic acids is 2. The third kappa shape index (κ3) is 48.9. The molecule has 0 atom stereocenters. The van der Waals surface area contributed by atoms with Gasteiger partial charge in [0.05, 0.1) is 6.61 Å². The van der Waals surface area contributed by atoms with E-state index in [0.717, 1.165) is 77.0 Å². The molecular weight excluding hydrogens is 711 g/mol. The first-order chi connectivity index (χ1) is 27.3. The highest BCUT2D eigenvalue weighted by atomic mass is 32.1. The van der Waals surface area contributed by atoms with E-state index in [0.29, 0.717) is 23.9 Å². The normalized spacial score (nSPS) is 11.1. The van der Waals surface area contributed by atoms with Crippen molar-refractivity contribution in [2.45, 2.75) is 253 Å². The lowest BCUT2D eigenvalue weighted by Gasteiger charge is -2.22. The van der Waals surface area contributed by atoms with Gasteiger partial charge >= 0.3 is 5.97 Å². The van der Waals surface area contributed by atoms with Gasteiger partial charge in [-0.05, 0) is 83.2 Å². The molecule has 0 aromatic rings. The molecule has 2 N–H and O–H groups in total. The summed E-state index contributed by atoms with van der Waals surface area (Å²) in [6.45, 7) is 15.8. The van der Waals surface area contributed by atoms with Crippen LogP contribution in [0.15, 0.2) is 0 Å². The van der Waals surface area contributed by atoms with Gasteiger partial charge in [-0.15, -0.1) is 0 Å². The second-order valence-electron chi connectivity index (χ2n) is 17.0. The summed E-state index contributed by atoms with van der Waals surface area (Å²) in [6.07, 6.45) is 43.0. The van der Waals surface area contributed by atoms with Crippen molar-refractivity contribution in [1.82, 2.24) is 15.5 Å². The zero-order valence-electron chi connectivity index (χ0n) is 38.7. The molecule has 0 saturated carbocycles. The Morgan fingerprint density at radius 1 is 0.536 bits per heavy atom. The van der Waals surface area contributed by atoms with Gasteiger partial charge in [0.1, 0.15) is 5.78 Å². The summed E-state index contributed by atoms with van der Waals surface area (Å²) in [4.78, 5) is 25.6. The van der Waals surface area contributed by atoms with E-state index in [4.69, 9.17) is 17.0 Å². The Hall–Kier alpha value is -1.21. The number of hydrogen-bond donors (Lipinski definition) is 2. The molecule has 0 heterocycles. The quantitative estimate of drug-likeness (QED) is 0.0361. The van der Waals surface area contributed by atoms with Gasteiger partial charge in [-0.1, -0.05) is 195 Å². The van der Waals surface area contributed by atoms with Gasteiger partial charge in [0.2, 0.25) is 0 Å². The lowest BCUT2D eigenvalue weighted by Crippen LogP contribution is -2.35. The molecule has 0 aliphatic carbocycles. The molecule has 6 nitrogen and oxygen atoms in total. The van der Waals surface area contributed by atoms with Gasteiger partial charge in [0.25, 0.3) is 0 Å². The third-order valence-electron chi connectivity index (χ3n) is 11.1. The maximum atomic E-state index is 11.9. The SMILES string of the molecule is CCCCCCCCC(C)CCCCCCCC.CCCCCCCCCOC(=O)CCCCCCCN(CCCCCCCC(C)=O)CCCNC(=S)NC. The van der Waals surface area contributed by atoms with Crippen LogP contribution in [-0.4, -0.2) is 61.6 Å². The Bertz CT molecular complexity index is 810. The average molecular weight is 810 g/mol. The topological polar surface area (TPSA) is 70.7 Å². The van der Waals surface area contributed by atoms with E-state index in [9.17, 15) is 9.59 Å². The Morgan fingerprint density at radius 3 is 1.39 bits per heavy atom. The Morgan fingerprint density at radius 2 is 0.929 bits per heavy atom. The zero-order chi connectivity index (χ0) is 41.6. The van der Waals surface area contributed by atoms with Crippen LogP contribution in [0.25, 0.3) is 0 Å². The number of nitrogens with one attached hydrogen (secondary N) is 2. The van der Waals surface area contributed by atoms with Crippen LogP contribution in [0.5, 0.6) is 0 Å². The van der Waals surface area contributed by atoms with E-state index in [1.165, 1.54) is 167 Å². The molecule has 0 fully saturated rings. The van der Waals surface area contributed by atoms with Crippen molar-refractivity contribution in [3.8, 4) is 0 Å². The van der Waals surface area contributed by atoms with E-state index < -0.39 is 0 Å². The summed E-state index contributed by atoms with van der Waals surface area (Å²) < 4.78 is 5.40. The number of unbranched alkanes of at least 4 members (excludes halogenated alkanes) is 24. The highest BCUT2D eigenvalue weighted by Crippen LogP contribution is 2.18. The number of carbonyl (C=O) groups is 2. The molecule has 0 aliphatic heterocycles. The van der Waals surface area contributed by atoms with Crippen LogP contribution in [0.3, 0.4) is 0 Å². The summed E-state index contributed by atoms with van der Waals surface area (Å²) in [7, 11) is 1.85. The van der Waals surface area contributed by atoms with Crippen molar-refractivity contribution in [1.29, 1.82) is 0 Å². The van der Waals surface area contributed by atoms with Gasteiger partial charge in [0, 0.05) is 26.4 Å². The smallest absolute Gasteiger partial charge is 0.305 e. The summed E-state index contributed by atoms with van der Waals surface area (Å²) in [5.74, 6) is 1.26. The van der Waals surface area contributed by atoms with Crippen LogP contribution >= 0.6 is 12.2 Å². The van der Waals surface area contributed by atoms with Crippen LogP contribution in [0.2, 0.25) is 0 Å². The van der Waals surface area contributed by atoms with Crippen molar-refractivity contribution in [2.24, 2.45) is 5.92 Å². The van der Waals surface area contributed by atoms with Crippen molar-refractivity contribution >= 4 is 29.1 Å². The lowest BCUT2D eigenvalue weighted by atomic mass is 9.96. The first-order valence-electron chi connectivity index (χ1n) is 24.6. The van der Waals surface area contributed by atoms with Crippen LogP contribution < -0.4 is 10.6 Å². The number of ether oxygens (including phenoxy) is 1. The van der Waals surface area contributed by atoms with E-state index in [1.807, 2.05) is 7.05 Å². The number of esters is 1. The second-order valence-corrected chi connectivity index (χ2v) is 17.4. The van der Waals surface area contributed by atoms with Crippen molar-refractivity contribution in [3.05, 3.63) is 0 Å². The van der Waals surface area contributed by atoms with Crippen molar-refractivity contribution in [3.63, 3.8) is 0 Å². The predicted molar refractivity (Wildman–Crippen MR) is 251 cm³/mol. The standard InChI is InChI=1S/C31H61N3O3S.C18H38/c1-4-5-6-7-8-15-20-28-37-30(36)23-17-12-10-14-19-26-34(27-21-24-33-31(38)32-3)25-18-13-9-11-16-22-29(2)35;1-4-6-8-10-12-14-16-18(3)17-15-13-11-9-7-5-2/h4-28H2,1-3H3,(H2,32,33,38);18H,4-17H2,1-3H3. The molecule has 0 aliphatic rings. The fraction of sp³-hybridized carbons (Fsp3) is 0.939. The molecule has 7 heteroatoms. The van der Waals surface area contributed by atoms with Gasteiger partial charge in [-0.25, -0.2) is 0 Å². The molecule has 0 radical (unpaired) electrons. The van der Waals surface area contributed by atoms with Gasteiger partial charge in [-0.2, -0.15) is 0 Å². The largest absolute Gasteiger partial charge is 0.466 e. The molecule has 0 aromatic carbocycles. The van der Waals surface area contributed by atoms with Crippen LogP contribution in [0.4, 0.5) is 0 Å². The molecule has 0 saturated heterocycles. The highest BCUT2D eigenvalue weighted by Gasteiger charge is 2.07. The number of Topliss-reactive ketones (excluding diaryl/α,β-unsaturated/α-hetero) is 1. The monoisotopic (exact) mass is 810 g/mol. The third-order valence-corrected chi connectivity index (χ3v) is 11.5. The first-order valence-corrected chi connectivity index (χ1v) is 25.0. The number of hydrogen-bond acceptors (Lipinski definition) is 5. The molecule has 0 amide bonds. The van der Waals surface area contributed by atoms with E-state index in [-0.39, 0.29) is 5.97 Å². The second kappa shape index (κ2) is 48.2. The maximum absolute atomic E-state index is 11.9. The molecule has 0 spiro atoms. The Kier molecular flexibility index (Phi) is 48.9. The zero-order valence-corrected chi connectivity index (χ0v) is 39.6. The molecule has 56 heavy (non-hydrogen) atoms. The van der Waals surface area contributed by atoms with Crippen LogP contribution in [-0.2, 0) is 14.3 Å². The van der Waals surface area contributed by atoms with Gasteiger partial charge in [0.15, 0.2) is 5.11 Å². The molecule has 334 valence electrons. The molecule has 0 bridgehead atoms. The minimum Gasteiger partial charge on any atom is -0.466 e. The minimum absolute atomic E-state index is 0.0187. The number of rotatable bonds is 42. The van der Waals surface area contributed by atoms with E-state index >= 15 is 0 Å². The van der Waals surface area contributed by atoms with Gasteiger partial charge < -0.3 is 25.1 Å². The van der Waals surface area contributed by atoms with Crippen LogP contribution in [0, 0.1) is 5.92 Å². The highest BCUT2D eigenvalue weighted by molar-refractivity contribution is 7.80. The Balaban J connectivity index is 0. The van der Waals surface area contributed by atoms with Gasteiger partial charge in [-0.3, -0.25) is 4.79 Å². The summed E-state index contributed by atoms with van der Waals surface area (Å²) >= 11 is 5.17. The van der Waals surface area contributed by atoms with Crippen molar-refractivity contribution < 1.29 is 14.3 Å². The number of thiocarbonyl (C=S) groups is 1. The van der Waals surface area contributed by atoms with Crippen LogP contribution in [0.1, 0.15) is 253 Å². The fourth-order valence-electron chi connectivity index (χ4n) is 7.31. The summed E-state index contributed by atoms with van der Waals surface area (Å²) in [6, 6.07) is 0. The maximum Gasteiger partial charge on any atom is 0.305 e. The lowest BCUT2D eigenvalue weighted by molar-refractivity contribution is -0.143.